The van der Waals surface area contributed by atoms with Gasteiger partial charge < -0.3 is 15.8 Å². The van der Waals surface area contributed by atoms with Crippen LogP contribution in [0.3, 0.4) is 0 Å². The van der Waals surface area contributed by atoms with E-state index in [0.29, 0.717) is 17.0 Å². The van der Waals surface area contributed by atoms with Gasteiger partial charge >= 0.3 is 10.2 Å². The highest BCUT2D eigenvalue weighted by atomic mass is 32.2. The predicted octanol–water partition coefficient (Wildman–Crippen LogP) is 2.25. The Hall–Kier alpha value is -3.63. The minimum atomic E-state index is -4.07. The summed E-state index contributed by atoms with van der Waals surface area (Å²) in [6.07, 6.45) is 1.80. The fourth-order valence-corrected chi connectivity index (χ4v) is 5.54. The third-order valence-electron chi connectivity index (χ3n) is 6.12. The van der Waals surface area contributed by atoms with E-state index < -0.39 is 16.1 Å². The number of benzene rings is 3. The third kappa shape index (κ3) is 4.29. The number of nitrogens with one attached hydrogen (secondary N) is 3. The normalized spacial score (nSPS) is 17.8. The topological polar surface area (TPSA) is 138 Å². The Morgan fingerprint density at radius 1 is 1.06 bits per heavy atom. The van der Waals surface area contributed by atoms with Crippen molar-refractivity contribution in [3.63, 3.8) is 0 Å². The molecule has 9 nitrogen and oxygen atoms in total. The minimum Gasteiger partial charge on any atom is -0.490 e. The average molecular weight is 480 g/mol. The first-order valence-electron chi connectivity index (χ1n) is 11.0. The van der Waals surface area contributed by atoms with Gasteiger partial charge in [-0.05, 0) is 72.6 Å². The summed E-state index contributed by atoms with van der Waals surface area (Å²) in [7, 11) is -4.07. The fraction of sp³-hybridized carbons (Fsp3) is 0.250. The van der Waals surface area contributed by atoms with Gasteiger partial charge in [0.15, 0.2) is 0 Å². The number of nitrogen functional groups attached to an aromatic ring is 1. The molecule has 0 spiro atoms. The highest BCUT2D eigenvalue weighted by molar-refractivity contribution is 7.91. The van der Waals surface area contributed by atoms with Gasteiger partial charge in [0.2, 0.25) is 0 Å². The summed E-state index contributed by atoms with van der Waals surface area (Å²) in [6, 6.07) is 16.0. The maximum absolute atomic E-state index is 12.9. The number of hydrogen-bond acceptors (Lipinski definition) is 6. The van der Waals surface area contributed by atoms with Gasteiger partial charge in [-0.2, -0.15) is 8.42 Å². The second-order valence-electron chi connectivity index (χ2n) is 8.50. The van der Waals surface area contributed by atoms with E-state index in [2.05, 4.69) is 10.0 Å². The third-order valence-corrected chi connectivity index (χ3v) is 7.47. The molecule has 2 heterocycles. The van der Waals surface area contributed by atoms with Crippen LogP contribution in [0.1, 0.15) is 34.3 Å². The number of anilines is 1. The van der Waals surface area contributed by atoms with Crippen LogP contribution in [0.15, 0.2) is 54.6 Å². The molecule has 34 heavy (non-hydrogen) atoms. The van der Waals surface area contributed by atoms with Gasteiger partial charge in [0, 0.05) is 5.56 Å². The number of carbonyl (C=O) groups is 1. The molecule has 0 aromatic heterocycles. The van der Waals surface area contributed by atoms with Crippen LogP contribution in [0, 0.1) is 5.41 Å². The zero-order chi connectivity index (χ0) is 23.9. The van der Waals surface area contributed by atoms with Crippen molar-refractivity contribution in [2.45, 2.75) is 25.5 Å². The van der Waals surface area contributed by atoms with Gasteiger partial charge in [-0.15, -0.1) is 0 Å². The van der Waals surface area contributed by atoms with Crippen LogP contribution in [-0.4, -0.2) is 39.4 Å². The van der Waals surface area contributed by atoms with E-state index in [0.717, 1.165) is 42.3 Å². The van der Waals surface area contributed by atoms with Crippen LogP contribution in [0.2, 0.25) is 0 Å². The second kappa shape index (κ2) is 8.62. The van der Waals surface area contributed by atoms with Crippen molar-refractivity contribution in [3.05, 3.63) is 71.3 Å². The Balaban J connectivity index is 1.47. The highest BCUT2D eigenvalue weighted by Gasteiger charge is 2.35. The first-order valence-corrected chi connectivity index (χ1v) is 12.5. The molecule has 1 fully saturated rings. The molecule has 0 aliphatic carbocycles. The van der Waals surface area contributed by atoms with Gasteiger partial charge in [0.25, 0.3) is 5.91 Å². The van der Waals surface area contributed by atoms with Crippen molar-refractivity contribution >= 4 is 38.4 Å². The number of ether oxygens (including phenoxy) is 1. The Morgan fingerprint density at radius 2 is 1.82 bits per heavy atom. The van der Waals surface area contributed by atoms with Crippen molar-refractivity contribution in [2.24, 2.45) is 5.73 Å². The molecule has 2 aliphatic rings. The van der Waals surface area contributed by atoms with Crippen LogP contribution < -0.4 is 24.8 Å². The quantitative estimate of drug-likeness (QED) is 0.327. The van der Waals surface area contributed by atoms with Crippen molar-refractivity contribution < 1.29 is 17.9 Å². The molecule has 0 radical (unpaired) electrons. The Labute approximate surface area is 197 Å². The minimum absolute atomic E-state index is 0.0321. The van der Waals surface area contributed by atoms with Gasteiger partial charge in [-0.25, -0.2) is 9.03 Å². The SMILES string of the molecule is N=C(N)c1ccc2ccc(CN3c4ccc(OC5CCNCC5)cc4C(=O)NS3(=O)=O)cc2c1. The van der Waals surface area contributed by atoms with Crippen molar-refractivity contribution in [1.29, 1.82) is 5.41 Å². The van der Waals surface area contributed by atoms with Crippen molar-refractivity contribution in [3.8, 4) is 5.75 Å². The molecule has 5 rings (SSSR count). The molecule has 10 heteroatoms. The number of piperidine rings is 1. The van der Waals surface area contributed by atoms with Gasteiger partial charge in [0.1, 0.15) is 17.7 Å². The highest BCUT2D eigenvalue weighted by Crippen LogP contribution is 2.33. The van der Waals surface area contributed by atoms with Gasteiger partial charge in [-0.3, -0.25) is 10.2 Å². The molecule has 3 aromatic carbocycles. The molecule has 1 saturated heterocycles. The van der Waals surface area contributed by atoms with E-state index >= 15 is 0 Å². The number of carbonyl (C=O) groups excluding carboxylic acids is 1. The number of nitrogens with two attached hydrogens (primary N) is 1. The van der Waals surface area contributed by atoms with Gasteiger partial charge in [0.05, 0.1) is 17.8 Å². The van der Waals surface area contributed by atoms with Crippen LogP contribution in [0.4, 0.5) is 5.69 Å². The summed E-state index contributed by atoms with van der Waals surface area (Å²) in [5.41, 5.74) is 7.49. The number of rotatable bonds is 5. The number of hydrogen-bond donors (Lipinski definition) is 4. The van der Waals surface area contributed by atoms with Crippen molar-refractivity contribution in [1.82, 2.24) is 10.0 Å². The Morgan fingerprint density at radius 3 is 2.59 bits per heavy atom. The number of amides is 1. The van der Waals surface area contributed by atoms with Gasteiger partial charge in [-0.1, -0.05) is 24.3 Å². The maximum atomic E-state index is 12.9. The summed E-state index contributed by atoms with van der Waals surface area (Å²) >= 11 is 0. The Bertz CT molecular complexity index is 1400. The largest absolute Gasteiger partial charge is 0.490 e. The molecule has 0 bridgehead atoms. The summed E-state index contributed by atoms with van der Waals surface area (Å²) in [6.45, 7) is 1.79. The average Bonchev–Trinajstić information content (AvgIpc) is 2.82. The predicted molar refractivity (Wildman–Crippen MR) is 130 cm³/mol. The molecule has 0 unspecified atom stereocenters. The molecule has 0 saturated carbocycles. The summed E-state index contributed by atoms with van der Waals surface area (Å²) in [5, 5.41) is 12.7. The lowest BCUT2D eigenvalue weighted by atomic mass is 10.0. The first kappa shape index (κ1) is 22.2. The summed E-state index contributed by atoms with van der Waals surface area (Å²) < 4.78 is 35.1. The van der Waals surface area contributed by atoms with Crippen molar-refractivity contribution in [2.75, 3.05) is 17.4 Å². The molecule has 5 N–H and O–H groups in total. The summed E-state index contributed by atoms with van der Waals surface area (Å²) in [5.74, 6) is -0.167. The number of fused-ring (bicyclic) bond motifs is 2. The smallest absolute Gasteiger partial charge is 0.326 e. The second-order valence-corrected chi connectivity index (χ2v) is 10.1. The zero-order valence-corrected chi connectivity index (χ0v) is 19.2. The monoisotopic (exact) mass is 479 g/mol. The lowest BCUT2D eigenvalue weighted by Gasteiger charge is -2.31. The lowest BCUT2D eigenvalue weighted by Crippen LogP contribution is -2.48. The fourth-order valence-electron chi connectivity index (χ4n) is 4.35. The van der Waals surface area contributed by atoms with E-state index in [1.807, 2.05) is 24.3 Å². The van der Waals surface area contributed by atoms with E-state index in [-0.39, 0.29) is 24.0 Å². The molecule has 176 valence electrons. The number of nitrogens with zero attached hydrogens (tertiary/aromatic N) is 1. The molecular weight excluding hydrogens is 454 g/mol. The maximum Gasteiger partial charge on any atom is 0.326 e. The van der Waals surface area contributed by atoms with Crippen LogP contribution in [0.5, 0.6) is 5.75 Å². The van der Waals surface area contributed by atoms with Crippen LogP contribution in [0.25, 0.3) is 10.8 Å². The van der Waals surface area contributed by atoms with E-state index in [9.17, 15) is 13.2 Å². The lowest BCUT2D eigenvalue weighted by molar-refractivity contribution is 0.0978. The molecule has 0 atom stereocenters. The molecular formula is C24H25N5O4S. The molecule has 3 aromatic rings. The van der Waals surface area contributed by atoms with E-state index in [1.165, 1.54) is 4.31 Å². The summed E-state index contributed by atoms with van der Waals surface area (Å²) in [4.78, 5) is 12.6. The molecule has 1 amide bonds. The van der Waals surface area contributed by atoms with Crippen LogP contribution >= 0.6 is 0 Å². The van der Waals surface area contributed by atoms with Crippen LogP contribution in [-0.2, 0) is 16.8 Å². The first-order chi connectivity index (χ1) is 16.3. The molecule has 2 aliphatic heterocycles. The standard InChI is InChI=1S/C24H25N5O4S/c25-23(26)17-4-3-16-2-1-15(11-18(16)12-17)14-29-22-6-5-20(33-19-7-9-27-10-8-19)13-21(22)24(30)28-34(29,31)32/h1-6,11-13,19,27H,7-10,14H2,(H3,25,26)(H,28,30). The number of amidine groups is 1. The van der Waals surface area contributed by atoms with E-state index in [1.54, 1.807) is 30.3 Å². The Kier molecular flexibility index (Phi) is 5.62. The van der Waals surface area contributed by atoms with E-state index in [4.69, 9.17) is 15.9 Å². The zero-order valence-electron chi connectivity index (χ0n) is 18.4.